The Bertz CT molecular complexity index is 592. The first-order valence-corrected chi connectivity index (χ1v) is 7.66. The summed E-state index contributed by atoms with van der Waals surface area (Å²) in [5, 5.41) is 5.22. The van der Waals surface area contributed by atoms with E-state index in [1.807, 2.05) is 25.3 Å². The predicted octanol–water partition coefficient (Wildman–Crippen LogP) is 4.73. The van der Waals surface area contributed by atoms with E-state index in [4.69, 9.17) is 0 Å². The van der Waals surface area contributed by atoms with Crippen molar-refractivity contribution in [1.82, 2.24) is 5.32 Å². The highest BCUT2D eigenvalue weighted by molar-refractivity contribution is 7.10. The molecule has 0 amide bonds. The van der Waals surface area contributed by atoms with Gasteiger partial charge in [0, 0.05) is 10.4 Å². The van der Waals surface area contributed by atoms with Crippen LogP contribution in [-0.4, -0.2) is 6.54 Å². The summed E-state index contributed by atoms with van der Waals surface area (Å²) in [5.74, 6) is -0.944. The molecule has 0 fully saturated rings. The molecule has 1 nitrogen and oxygen atoms in total. The fourth-order valence-electron chi connectivity index (χ4n) is 2.24. The highest BCUT2D eigenvalue weighted by atomic mass is 32.1. The number of benzene rings is 1. The minimum atomic E-state index is -0.491. The van der Waals surface area contributed by atoms with Crippen LogP contribution in [0.1, 0.15) is 41.0 Å². The Kier molecular flexibility index (Phi) is 4.89. The Hall–Kier alpha value is -1.26. The number of hydrogen-bond acceptors (Lipinski definition) is 2. The van der Waals surface area contributed by atoms with Crippen LogP contribution >= 0.6 is 11.3 Å². The van der Waals surface area contributed by atoms with E-state index < -0.39 is 17.7 Å². The molecule has 1 unspecified atom stereocenters. The van der Waals surface area contributed by atoms with Gasteiger partial charge < -0.3 is 5.32 Å². The third kappa shape index (κ3) is 2.91. The Labute approximate surface area is 122 Å². The third-order valence-corrected chi connectivity index (χ3v) is 4.45. The highest BCUT2D eigenvalue weighted by Crippen LogP contribution is 2.33. The maximum atomic E-state index is 14.4. The molecule has 0 bridgehead atoms. The van der Waals surface area contributed by atoms with E-state index in [0.29, 0.717) is 5.56 Å². The van der Waals surface area contributed by atoms with Crippen molar-refractivity contribution in [3.63, 3.8) is 0 Å². The second-order valence-electron chi connectivity index (χ2n) is 4.95. The topological polar surface area (TPSA) is 12.0 Å². The van der Waals surface area contributed by atoms with E-state index in [1.54, 1.807) is 6.92 Å². The summed E-state index contributed by atoms with van der Waals surface area (Å²) in [5.41, 5.74) is 1.66. The predicted molar refractivity (Wildman–Crippen MR) is 80.3 cm³/mol. The molecule has 0 saturated carbocycles. The number of rotatable bonds is 5. The molecule has 2 rings (SSSR count). The highest BCUT2D eigenvalue weighted by Gasteiger charge is 2.24. The number of hydrogen-bond donors (Lipinski definition) is 1. The Balaban J connectivity index is 2.52. The molecule has 0 aliphatic carbocycles. The lowest BCUT2D eigenvalue weighted by Gasteiger charge is -2.21. The van der Waals surface area contributed by atoms with Crippen LogP contribution in [0.2, 0.25) is 0 Å². The molecule has 0 saturated heterocycles. The maximum Gasteiger partial charge on any atom is 0.134 e. The lowest BCUT2D eigenvalue weighted by molar-refractivity contribution is 0.502. The van der Waals surface area contributed by atoms with Crippen LogP contribution in [0.4, 0.5) is 8.78 Å². The summed E-state index contributed by atoms with van der Waals surface area (Å²) in [4.78, 5) is 0.974. The van der Waals surface area contributed by atoms with Gasteiger partial charge in [0.15, 0.2) is 0 Å². The monoisotopic (exact) mass is 295 g/mol. The summed E-state index contributed by atoms with van der Waals surface area (Å²) >= 11 is 1.53. The number of halogens is 2. The molecule has 0 radical (unpaired) electrons. The SMILES string of the molecule is CCCNC(c1sccc1C)c1c(F)ccc(C)c1F. The van der Waals surface area contributed by atoms with Crippen molar-refractivity contribution in [3.8, 4) is 0 Å². The standard InChI is InChI=1S/C16H19F2NS/c1-4-8-19-15(16-11(3)7-9-20-16)13-12(17)6-5-10(2)14(13)18/h5-7,9,15,19H,4,8H2,1-3H3. The van der Waals surface area contributed by atoms with E-state index in [2.05, 4.69) is 5.32 Å². The Morgan fingerprint density at radius 1 is 1.15 bits per heavy atom. The zero-order valence-electron chi connectivity index (χ0n) is 12.0. The molecule has 0 aliphatic rings. The van der Waals surface area contributed by atoms with Crippen LogP contribution in [0, 0.1) is 25.5 Å². The van der Waals surface area contributed by atoms with Crippen LogP contribution in [0.5, 0.6) is 0 Å². The van der Waals surface area contributed by atoms with Gasteiger partial charge in [0.05, 0.1) is 6.04 Å². The van der Waals surface area contributed by atoms with Crippen LogP contribution in [-0.2, 0) is 0 Å². The minimum Gasteiger partial charge on any atom is -0.305 e. The Morgan fingerprint density at radius 2 is 1.90 bits per heavy atom. The first-order chi connectivity index (χ1) is 9.56. The van der Waals surface area contributed by atoms with E-state index in [0.717, 1.165) is 23.4 Å². The second-order valence-corrected chi connectivity index (χ2v) is 5.89. The first-order valence-electron chi connectivity index (χ1n) is 6.78. The minimum absolute atomic E-state index is 0.129. The van der Waals surface area contributed by atoms with Gasteiger partial charge in [0.2, 0.25) is 0 Å². The lowest BCUT2D eigenvalue weighted by Crippen LogP contribution is -2.25. The second kappa shape index (κ2) is 6.46. The van der Waals surface area contributed by atoms with Gasteiger partial charge in [-0.3, -0.25) is 0 Å². The van der Waals surface area contributed by atoms with Crippen molar-refractivity contribution in [3.05, 3.63) is 56.8 Å². The quantitative estimate of drug-likeness (QED) is 0.840. The van der Waals surface area contributed by atoms with Crippen molar-refractivity contribution >= 4 is 11.3 Å². The summed E-state index contributed by atoms with van der Waals surface area (Å²) in [6, 6.07) is 4.38. The zero-order valence-corrected chi connectivity index (χ0v) is 12.8. The van der Waals surface area contributed by atoms with Gasteiger partial charge in [-0.05, 0) is 55.5 Å². The van der Waals surface area contributed by atoms with Crippen LogP contribution in [0.3, 0.4) is 0 Å². The van der Waals surface area contributed by atoms with E-state index >= 15 is 0 Å². The average molecular weight is 295 g/mol. The molecule has 1 aromatic heterocycles. The normalized spacial score (nSPS) is 12.7. The van der Waals surface area contributed by atoms with Crippen molar-refractivity contribution in [2.45, 2.75) is 33.2 Å². The molecule has 1 aromatic carbocycles. The van der Waals surface area contributed by atoms with Crippen molar-refractivity contribution in [1.29, 1.82) is 0 Å². The number of thiophene rings is 1. The molecule has 20 heavy (non-hydrogen) atoms. The summed E-state index contributed by atoms with van der Waals surface area (Å²) < 4.78 is 28.5. The molecular formula is C16H19F2NS. The molecule has 2 aromatic rings. The van der Waals surface area contributed by atoms with E-state index in [1.165, 1.54) is 23.5 Å². The van der Waals surface area contributed by atoms with E-state index in [9.17, 15) is 8.78 Å². The van der Waals surface area contributed by atoms with Gasteiger partial charge in [0.25, 0.3) is 0 Å². The van der Waals surface area contributed by atoms with Crippen LogP contribution in [0.25, 0.3) is 0 Å². The molecule has 0 spiro atoms. The lowest BCUT2D eigenvalue weighted by atomic mass is 9.99. The smallest absolute Gasteiger partial charge is 0.134 e. The Morgan fingerprint density at radius 3 is 2.50 bits per heavy atom. The third-order valence-electron chi connectivity index (χ3n) is 3.37. The van der Waals surface area contributed by atoms with Crippen molar-refractivity contribution in [2.24, 2.45) is 0 Å². The fourth-order valence-corrected chi connectivity index (χ4v) is 3.25. The molecule has 4 heteroatoms. The molecule has 1 heterocycles. The summed E-state index contributed by atoms with van der Waals surface area (Å²) in [7, 11) is 0. The molecule has 108 valence electrons. The van der Waals surface area contributed by atoms with Gasteiger partial charge in [-0.2, -0.15) is 0 Å². The van der Waals surface area contributed by atoms with Gasteiger partial charge in [0.1, 0.15) is 11.6 Å². The zero-order chi connectivity index (χ0) is 14.7. The van der Waals surface area contributed by atoms with Crippen molar-refractivity contribution in [2.75, 3.05) is 6.54 Å². The summed E-state index contributed by atoms with van der Waals surface area (Å²) in [6.45, 7) is 6.39. The molecule has 1 N–H and O–H groups in total. The maximum absolute atomic E-state index is 14.4. The molecule has 1 atom stereocenters. The number of nitrogens with one attached hydrogen (secondary N) is 1. The number of aryl methyl sites for hydroxylation is 2. The summed E-state index contributed by atoms with van der Waals surface area (Å²) in [6.07, 6.45) is 0.913. The van der Waals surface area contributed by atoms with Gasteiger partial charge in [-0.1, -0.05) is 13.0 Å². The van der Waals surface area contributed by atoms with Gasteiger partial charge in [-0.15, -0.1) is 11.3 Å². The molecule has 0 aliphatic heterocycles. The van der Waals surface area contributed by atoms with Crippen LogP contribution in [0.15, 0.2) is 23.6 Å². The largest absolute Gasteiger partial charge is 0.305 e. The first kappa shape index (κ1) is 15.1. The van der Waals surface area contributed by atoms with Crippen LogP contribution < -0.4 is 5.32 Å². The van der Waals surface area contributed by atoms with Gasteiger partial charge >= 0.3 is 0 Å². The fraction of sp³-hybridized carbons (Fsp3) is 0.375. The van der Waals surface area contributed by atoms with Crippen molar-refractivity contribution < 1.29 is 8.78 Å². The average Bonchev–Trinajstić information content (AvgIpc) is 2.84. The van der Waals surface area contributed by atoms with E-state index in [-0.39, 0.29) is 5.56 Å². The van der Waals surface area contributed by atoms with Gasteiger partial charge in [-0.25, -0.2) is 8.78 Å². The molecular weight excluding hydrogens is 276 g/mol.